The average molecular weight is 307 g/mol. The Kier molecular flexibility index (Phi) is 3.23. The summed E-state index contributed by atoms with van der Waals surface area (Å²) in [6.45, 7) is 0. The third kappa shape index (κ3) is 2.30. The highest BCUT2D eigenvalue weighted by Crippen LogP contribution is 2.38. The van der Waals surface area contributed by atoms with Crippen molar-refractivity contribution in [3.8, 4) is 15.5 Å². The van der Waals surface area contributed by atoms with Gasteiger partial charge in [-0.25, -0.2) is 4.99 Å². The monoisotopic (exact) mass is 307 g/mol. The van der Waals surface area contributed by atoms with Crippen molar-refractivity contribution in [3.05, 3.63) is 28.5 Å². The number of nitrogens with two attached hydrogens (primary N) is 1. The van der Waals surface area contributed by atoms with Gasteiger partial charge in [-0.15, -0.1) is 11.3 Å². The summed E-state index contributed by atoms with van der Waals surface area (Å²) in [6, 6.07) is 5.36. The lowest BCUT2D eigenvalue weighted by Gasteiger charge is -2.24. The lowest BCUT2D eigenvalue weighted by molar-refractivity contribution is -0.127. The highest BCUT2D eigenvalue weighted by molar-refractivity contribution is 7.17. The summed E-state index contributed by atoms with van der Waals surface area (Å²) in [6.07, 6.45) is 0.340. The summed E-state index contributed by atoms with van der Waals surface area (Å²) in [4.78, 5) is 19.6. The first-order chi connectivity index (χ1) is 9.54. The molecule has 20 heavy (non-hydrogen) atoms. The highest BCUT2D eigenvalue weighted by atomic mass is 32.1. The molecule has 104 valence electrons. The molecular formula is C13H13N3O2S2. The van der Waals surface area contributed by atoms with Crippen LogP contribution in [0.1, 0.15) is 17.3 Å². The van der Waals surface area contributed by atoms with Crippen molar-refractivity contribution in [2.24, 2.45) is 10.7 Å². The van der Waals surface area contributed by atoms with Crippen LogP contribution in [0.4, 0.5) is 0 Å². The Balaban J connectivity index is 1.89. The number of guanidine groups is 1. The molecule has 0 saturated carbocycles. The van der Waals surface area contributed by atoms with Crippen LogP contribution >= 0.6 is 22.7 Å². The fourth-order valence-electron chi connectivity index (χ4n) is 2.03. The number of hydrogen-bond acceptors (Lipinski definition) is 6. The van der Waals surface area contributed by atoms with Crippen LogP contribution in [0.2, 0.25) is 0 Å². The number of amides is 1. The molecule has 1 unspecified atom stereocenters. The largest absolute Gasteiger partial charge is 0.499 e. The Morgan fingerprint density at radius 1 is 1.50 bits per heavy atom. The van der Waals surface area contributed by atoms with E-state index in [0.29, 0.717) is 11.5 Å². The van der Waals surface area contributed by atoms with Crippen molar-refractivity contribution >= 4 is 34.5 Å². The Hall–Kier alpha value is -1.86. The van der Waals surface area contributed by atoms with Crippen LogP contribution in [0.15, 0.2) is 28.6 Å². The van der Waals surface area contributed by atoms with Crippen LogP contribution in [-0.2, 0) is 4.79 Å². The van der Waals surface area contributed by atoms with Crippen molar-refractivity contribution in [3.63, 3.8) is 0 Å². The van der Waals surface area contributed by atoms with Gasteiger partial charge in [-0.3, -0.25) is 9.69 Å². The fourth-order valence-corrected chi connectivity index (χ4v) is 3.78. The van der Waals surface area contributed by atoms with E-state index in [1.165, 1.54) is 16.2 Å². The van der Waals surface area contributed by atoms with Crippen molar-refractivity contribution < 1.29 is 9.90 Å². The van der Waals surface area contributed by atoms with E-state index in [1.54, 1.807) is 24.5 Å². The zero-order chi connectivity index (χ0) is 14.3. The van der Waals surface area contributed by atoms with Crippen LogP contribution in [0.25, 0.3) is 10.4 Å². The number of rotatable bonds is 2. The Labute approximate surface area is 124 Å². The average Bonchev–Trinajstić information content (AvgIpc) is 3.03. The number of thiophene rings is 2. The van der Waals surface area contributed by atoms with Gasteiger partial charge in [0.1, 0.15) is 0 Å². The van der Waals surface area contributed by atoms with Gasteiger partial charge in [0.2, 0.25) is 5.91 Å². The molecule has 2 aromatic rings. The predicted molar refractivity (Wildman–Crippen MR) is 81.0 cm³/mol. The molecule has 3 heterocycles. The first-order valence-corrected chi connectivity index (χ1v) is 7.71. The molecular weight excluding hydrogens is 294 g/mol. The molecule has 1 amide bonds. The standard InChI is InChI=1S/C13H13N3O2S2/c1-16-11(17)5-8(15-13(16)14)10-4-7(6-19-10)9-2-3-12(18)20-9/h2-4,6,8,18H,5H2,1H3,(H2,14,15). The van der Waals surface area contributed by atoms with Crippen LogP contribution in [0, 0.1) is 0 Å². The van der Waals surface area contributed by atoms with Crippen molar-refractivity contribution in [1.29, 1.82) is 0 Å². The molecule has 0 aromatic carbocycles. The molecule has 0 fully saturated rings. The van der Waals surface area contributed by atoms with Gasteiger partial charge in [0.05, 0.1) is 12.5 Å². The number of carbonyl (C=O) groups excluding carboxylic acids is 1. The Morgan fingerprint density at radius 2 is 2.30 bits per heavy atom. The number of hydrogen-bond donors (Lipinski definition) is 2. The van der Waals surface area contributed by atoms with Crippen LogP contribution < -0.4 is 5.73 Å². The smallest absolute Gasteiger partial charge is 0.231 e. The molecule has 0 saturated heterocycles. The van der Waals surface area contributed by atoms with E-state index in [0.717, 1.165) is 15.3 Å². The van der Waals surface area contributed by atoms with Crippen LogP contribution in [0.5, 0.6) is 5.06 Å². The topological polar surface area (TPSA) is 78.9 Å². The molecule has 5 nitrogen and oxygen atoms in total. The second kappa shape index (κ2) is 4.92. The fraction of sp³-hybridized carbons (Fsp3) is 0.231. The number of nitrogens with zero attached hydrogens (tertiary/aromatic N) is 2. The molecule has 2 aromatic heterocycles. The summed E-state index contributed by atoms with van der Waals surface area (Å²) in [7, 11) is 1.63. The molecule has 0 aliphatic carbocycles. The summed E-state index contributed by atoms with van der Waals surface area (Å²) < 4.78 is 0. The van der Waals surface area contributed by atoms with E-state index < -0.39 is 0 Å². The highest BCUT2D eigenvalue weighted by Gasteiger charge is 2.26. The summed E-state index contributed by atoms with van der Waals surface area (Å²) >= 11 is 2.89. The third-order valence-electron chi connectivity index (χ3n) is 3.20. The molecule has 0 radical (unpaired) electrons. The van der Waals surface area contributed by atoms with E-state index in [1.807, 2.05) is 17.5 Å². The van der Waals surface area contributed by atoms with E-state index in [-0.39, 0.29) is 17.9 Å². The van der Waals surface area contributed by atoms with Crippen LogP contribution in [-0.4, -0.2) is 28.9 Å². The van der Waals surface area contributed by atoms with E-state index in [2.05, 4.69) is 4.99 Å². The third-order valence-corrected chi connectivity index (χ3v) is 5.17. The molecule has 1 atom stereocenters. The molecule has 1 aliphatic rings. The molecule has 1 aliphatic heterocycles. The molecule has 3 N–H and O–H groups in total. The zero-order valence-electron chi connectivity index (χ0n) is 10.7. The minimum absolute atomic E-state index is 0.0220. The maximum atomic E-state index is 11.8. The van der Waals surface area contributed by atoms with Crippen molar-refractivity contribution in [2.45, 2.75) is 12.5 Å². The van der Waals surface area contributed by atoms with Gasteiger partial charge in [0.15, 0.2) is 11.0 Å². The van der Waals surface area contributed by atoms with E-state index in [4.69, 9.17) is 5.73 Å². The maximum Gasteiger partial charge on any atom is 0.231 e. The SMILES string of the molecule is CN1C(=O)CC(c2cc(-c3ccc(O)s3)cs2)N=C1N. The Morgan fingerprint density at radius 3 is 2.95 bits per heavy atom. The molecule has 0 bridgehead atoms. The predicted octanol–water partition coefficient (Wildman–Crippen LogP) is 2.40. The van der Waals surface area contributed by atoms with Gasteiger partial charge >= 0.3 is 0 Å². The lowest BCUT2D eigenvalue weighted by Crippen LogP contribution is -2.42. The number of carbonyl (C=O) groups is 1. The van der Waals surface area contributed by atoms with Gasteiger partial charge in [-0.2, -0.15) is 0 Å². The summed E-state index contributed by atoms with van der Waals surface area (Å²) in [5.41, 5.74) is 6.78. The minimum atomic E-state index is -0.203. The van der Waals surface area contributed by atoms with E-state index >= 15 is 0 Å². The van der Waals surface area contributed by atoms with Gasteiger partial charge in [-0.05, 0) is 23.6 Å². The normalized spacial score (nSPS) is 19.2. The lowest BCUT2D eigenvalue weighted by atomic mass is 10.1. The summed E-state index contributed by atoms with van der Waals surface area (Å²) in [5.74, 6) is 0.237. The van der Waals surface area contributed by atoms with Crippen molar-refractivity contribution in [2.75, 3.05) is 7.05 Å². The van der Waals surface area contributed by atoms with Gasteiger partial charge in [-0.1, -0.05) is 11.3 Å². The van der Waals surface area contributed by atoms with Gasteiger partial charge < -0.3 is 10.8 Å². The van der Waals surface area contributed by atoms with E-state index in [9.17, 15) is 9.90 Å². The Bertz CT molecular complexity index is 689. The number of aromatic hydroxyl groups is 1. The maximum absolute atomic E-state index is 11.8. The van der Waals surface area contributed by atoms with Crippen molar-refractivity contribution in [1.82, 2.24) is 4.90 Å². The molecule has 3 rings (SSSR count). The second-order valence-corrected chi connectivity index (χ2v) is 6.54. The summed E-state index contributed by atoms with van der Waals surface area (Å²) in [5, 5.41) is 11.7. The molecule has 7 heteroatoms. The second-order valence-electron chi connectivity index (χ2n) is 4.54. The van der Waals surface area contributed by atoms with Gasteiger partial charge in [0.25, 0.3) is 0 Å². The zero-order valence-corrected chi connectivity index (χ0v) is 12.4. The van der Waals surface area contributed by atoms with Gasteiger partial charge in [0, 0.05) is 22.4 Å². The van der Waals surface area contributed by atoms with Crippen LogP contribution in [0.3, 0.4) is 0 Å². The minimum Gasteiger partial charge on any atom is -0.499 e. The molecule has 0 spiro atoms. The quantitative estimate of drug-likeness (QED) is 0.894. The number of aliphatic imine (C=N–C) groups is 1. The first-order valence-electron chi connectivity index (χ1n) is 6.02. The first kappa shape index (κ1) is 13.1.